The highest BCUT2D eigenvalue weighted by molar-refractivity contribution is 5.89. The second-order valence-electron chi connectivity index (χ2n) is 7.46. The van der Waals surface area contributed by atoms with Gasteiger partial charge in [0.1, 0.15) is 29.3 Å². The molecule has 0 saturated carbocycles. The maximum Gasteiger partial charge on any atom is 0.336 e. The van der Waals surface area contributed by atoms with Gasteiger partial charge in [0.2, 0.25) is 5.89 Å². The van der Waals surface area contributed by atoms with Crippen molar-refractivity contribution in [1.82, 2.24) is 9.97 Å². The van der Waals surface area contributed by atoms with Gasteiger partial charge in [0.05, 0.1) is 0 Å². The molecule has 6 heteroatoms. The van der Waals surface area contributed by atoms with Gasteiger partial charge >= 0.3 is 5.97 Å². The molecule has 6 nitrogen and oxygen atoms in total. The molecule has 5 aromatic rings. The molecule has 0 fully saturated rings. The van der Waals surface area contributed by atoms with Gasteiger partial charge in [-0.15, -0.1) is 0 Å². The Labute approximate surface area is 196 Å². The van der Waals surface area contributed by atoms with Gasteiger partial charge in [-0.05, 0) is 53.6 Å². The molecule has 0 radical (unpaired) electrons. The van der Waals surface area contributed by atoms with Crippen molar-refractivity contribution in [2.45, 2.75) is 6.61 Å². The third kappa shape index (κ3) is 5.19. The minimum absolute atomic E-state index is 0.366. The van der Waals surface area contributed by atoms with Crippen LogP contribution in [0.5, 0.6) is 11.5 Å². The number of carbonyl (C=O) groups excluding carboxylic acids is 1. The average Bonchev–Trinajstić information content (AvgIpc) is 3.31. The minimum Gasteiger partial charge on any atom is -0.489 e. The zero-order chi connectivity index (χ0) is 23.2. The van der Waals surface area contributed by atoms with Crippen LogP contribution in [0.3, 0.4) is 0 Å². The quantitative estimate of drug-likeness (QED) is 0.170. The highest BCUT2D eigenvalue weighted by Gasteiger charge is 2.11. The average molecular weight is 448 g/mol. The molecule has 5 rings (SSSR count). The number of fused-ring (bicyclic) bond motifs is 1. The van der Waals surface area contributed by atoms with E-state index in [1.54, 1.807) is 30.5 Å². The van der Waals surface area contributed by atoms with E-state index < -0.39 is 5.97 Å². The smallest absolute Gasteiger partial charge is 0.336 e. The lowest BCUT2D eigenvalue weighted by Crippen LogP contribution is -2.03. The summed E-state index contributed by atoms with van der Waals surface area (Å²) in [6.45, 7) is 0.474. The van der Waals surface area contributed by atoms with Gasteiger partial charge in [0.25, 0.3) is 0 Å². The van der Waals surface area contributed by atoms with Crippen molar-refractivity contribution < 1.29 is 18.7 Å². The summed E-state index contributed by atoms with van der Waals surface area (Å²) in [6, 6.07) is 28.0. The number of ether oxygens (including phenoxy) is 2. The van der Waals surface area contributed by atoms with E-state index in [2.05, 4.69) is 9.97 Å². The fourth-order valence-electron chi connectivity index (χ4n) is 3.33. The zero-order valence-electron chi connectivity index (χ0n) is 18.1. The maximum absolute atomic E-state index is 12.3. The molecule has 0 unspecified atom stereocenters. The third-order valence-corrected chi connectivity index (χ3v) is 4.98. The molecular formula is C28H20N2O4. The van der Waals surface area contributed by atoms with Gasteiger partial charge in [-0.1, -0.05) is 48.5 Å². The molecular weight excluding hydrogens is 428 g/mol. The summed E-state index contributed by atoms with van der Waals surface area (Å²) in [5.74, 6) is 0.998. The van der Waals surface area contributed by atoms with E-state index in [0.717, 1.165) is 16.9 Å². The number of aromatic nitrogens is 2. The van der Waals surface area contributed by atoms with Crippen LogP contribution in [0.25, 0.3) is 28.8 Å². The van der Waals surface area contributed by atoms with Gasteiger partial charge in [-0.25, -0.2) is 9.78 Å². The molecule has 0 aliphatic heterocycles. The summed E-state index contributed by atoms with van der Waals surface area (Å²) >= 11 is 0. The SMILES string of the molecule is O=C(/C=C/c1cccc(OCc2ccccc2)c1)Oc1ccc2nc(-c3ccccn3)oc2c1. The number of nitrogens with zero attached hydrogens (tertiary/aromatic N) is 2. The summed E-state index contributed by atoms with van der Waals surface area (Å²) in [5.41, 5.74) is 3.72. The Morgan fingerprint density at radius 3 is 2.62 bits per heavy atom. The van der Waals surface area contributed by atoms with Crippen LogP contribution in [-0.2, 0) is 11.4 Å². The highest BCUT2D eigenvalue weighted by atomic mass is 16.5. The Morgan fingerprint density at radius 1 is 0.882 bits per heavy atom. The van der Waals surface area contributed by atoms with Gasteiger partial charge < -0.3 is 13.9 Å². The van der Waals surface area contributed by atoms with Gasteiger partial charge in [0, 0.05) is 18.3 Å². The predicted molar refractivity (Wildman–Crippen MR) is 129 cm³/mol. The van der Waals surface area contributed by atoms with Gasteiger partial charge in [-0.3, -0.25) is 4.98 Å². The van der Waals surface area contributed by atoms with Crippen molar-refractivity contribution in [3.05, 3.63) is 114 Å². The van der Waals surface area contributed by atoms with E-state index in [1.807, 2.05) is 72.8 Å². The first kappa shape index (κ1) is 21.2. The number of esters is 1. The van der Waals surface area contributed by atoms with Crippen LogP contribution in [0.4, 0.5) is 0 Å². The fraction of sp³-hybridized carbons (Fsp3) is 0.0357. The van der Waals surface area contributed by atoms with E-state index >= 15 is 0 Å². The molecule has 0 spiro atoms. The van der Waals surface area contributed by atoms with Crippen LogP contribution >= 0.6 is 0 Å². The number of pyridine rings is 1. The van der Waals surface area contributed by atoms with E-state index in [9.17, 15) is 4.79 Å². The van der Waals surface area contributed by atoms with Crippen molar-refractivity contribution in [1.29, 1.82) is 0 Å². The molecule has 0 N–H and O–H groups in total. The maximum atomic E-state index is 12.3. The van der Waals surface area contributed by atoms with Gasteiger partial charge in [0.15, 0.2) is 5.58 Å². The number of hydrogen-bond donors (Lipinski definition) is 0. The van der Waals surface area contributed by atoms with Crippen LogP contribution in [0, 0.1) is 0 Å². The van der Waals surface area contributed by atoms with E-state index in [0.29, 0.717) is 35.0 Å². The molecule has 0 saturated heterocycles. The van der Waals surface area contributed by atoms with Crippen LogP contribution in [0.1, 0.15) is 11.1 Å². The molecule has 3 aromatic carbocycles. The Morgan fingerprint density at radius 2 is 1.76 bits per heavy atom. The van der Waals surface area contributed by atoms with Crippen molar-refractivity contribution in [3.63, 3.8) is 0 Å². The highest BCUT2D eigenvalue weighted by Crippen LogP contribution is 2.26. The fourth-order valence-corrected chi connectivity index (χ4v) is 3.33. The number of carbonyl (C=O) groups is 1. The largest absolute Gasteiger partial charge is 0.489 e. The monoisotopic (exact) mass is 448 g/mol. The molecule has 0 bridgehead atoms. The summed E-state index contributed by atoms with van der Waals surface area (Å²) < 4.78 is 17.1. The van der Waals surface area contributed by atoms with Crippen LogP contribution in [0.15, 0.2) is 108 Å². The first-order valence-corrected chi connectivity index (χ1v) is 10.7. The third-order valence-electron chi connectivity index (χ3n) is 4.98. The first-order chi connectivity index (χ1) is 16.7. The molecule has 2 aromatic heterocycles. The van der Waals surface area contributed by atoms with Crippen molar-refractivity contribution in [3.8, 4) is 23.1 Å². The molecule has 0 amide bonds. The lowest BCUT2D eigenvalue weighted by Gasteiger charge is -2.07. The topological polar surface area (TPSA) is 74.5 Å². The van der Waals surface area contributed by atoms with Crippen LogP contribution in [0.2, 0.25) is 0 Å². The van der Waals surface area contributed by atoms with Gasteiger partial charge in [-0.2, -0.15) is 0 Å². The Kier molecular flexibility index (Phi) is 6.12. The minimum atomic E-state index is -0.501. The normalized spacial score (nSPS) is 11.1. The number of benzene rings is 3. The molecule has 0 atom stereocenters. The zero-order valence-corrected chi connectivity index (χ0v) is 18.1. The standard InChI is InChI=1S/C28H20N2O4/c31-27(15-12-20-9-6-10-22(17-20)32-19-21-7-2-1-3-8-21)33-23-13-14-24-26(18-23)34-28(30-24)25-11-4-5-16-29-25/h1-18H,19H2/b15-12+. The van der Waals surface area contributed by atoms with Crippen LogP contribution in [-0.4, -0.2) is 15.9 Å². The summed E-state index contributed by atoms with van der Waals surface area (Å²) in [6.07, 6.45) is 4.74. The Bertz CT molecular complexity index is 1440. The van der Waals surface area contributed by atoms with Crippen LogP contribution < -0.4 is 9.47 Å². The van der Waals surface area contributed by atoms with E-state index in [1.165, 1.54) is 6.08 Å². The van der Waals surface area contributed by atoms with E-state index in [-0.39, 0.29) is 0 Å². The molecule has 166 valence electrons. The van der Waals surface area contributed by atoms with Crippen molar-refractivity contribution >= 4 is 23.1 Å². The van der Waals surface area contributed by atoms with Crippen molar-refractivity contribution in [2.75, 3.05) is 0 Å². The lowest BCUT2D eigenvalue weighted by molar-refractivity contribution is -0.128. The second kappa shape index (κ2) is 9.83. The Hall–Kier alpha value is -4.71. The predicted octanol–water partition coefficient (Wildman–Crippen LogP) is 6.09. The molecule has 0 aliphatic rings. The summed E-state index contributed by atoms with van der Waals surface area (Å²) in [5, 5.41) is 0. The molecule has 2 heterocycles. The second-order valence-corrected chi connectivity index (χ2v) is 7.46. The number of hydrogen-bond acceptors (Lipinski definition) is 6. The summed E-state index contributed by atoms with van der Waals surface area (Å²) in [7, 11) is 0. The van der Waals surface area contributed by atoms with Crippen molar-refractivity contribution in [2.24, 2.45) is 0 Å². The molecule has 0 aliphatic carbocycles. The lowest BCUT2D eigenvalue weighted by atomic mass is 10.2. The summed E-state index contributed by atoms with van der Waals surface area (Å²) in [4.78, 5) is 21.0. The number of oxazole rings is 1. The Balaban J connectivity index is 1.23. The first-order valence-electron chi connectivity index (χ1n) is 10.7. The van der Waals surface area contributed by atoms with E-state index in [4.69, 9.17) is 13.9 Å². The molecule has 34 heavy (non-hydrogen) atoms. The number of rotatable bonds is 7.